The van der Waals surface area contributed by atoms with E-state index in [0.717, 1.165) is 0 Å². The second-order valence-corrected chi connectivity index (χ2v) is 7.26. The van der Waals surface area contributed by atoms with Gasteiger partial charge in [-0.25, -0.2) is 0 Å². The van der Waals surface area contributed by atoms with Gasteiger partial charge in [0, 0.05) is 6.42 Å². The Morgan fingerprint density at radius 3 is 1.42 bits per heavy atom. The lowest BCUT2D eigenvalue weighted by atomic mass is 10.4. The fraction of sp³-hybridized carbons (Fsp3) is 0.875. The first-order valence-electron chi connectivity index (χ1n) is 4.94. The average molecular weight is 324 g/mol. The van der Waals surface area contributed by atoms with Gasteiger partial charge in [0.05, 0.1) is 6.10 Å². The fourth-order valence-electron chi connectivity index (χ4n) is 0.500. The van der Waals surface area contributed by atoms with Crippen molar-refractivity contribution in [3.05, 3.63) is 0 Å². The van der Waals surface area contributed by atoms with E-state index in [9.17, 15) is 21.6 Å². The van der Waals surface area contributed by atoms with Crippen LogP contribution >= 0.6 is 0 Å². The third-order valence-electron chi connectivity index (χ3n) is 1.49. The van der Waals surface area contributed by atoms with Crippen molar-refractivity contribution in [2.75, 3.05) is 0 Å². The summed E-state index contributed by atoms with van der Waals surface area (Å²) in [6.45, 7) is 6.12. The van der Waals surface area contributed by atoms with Crippen molar-refractivity contribution in [2.45, 2.75) is 44.8 Å². The molecule has 0 aromatic heterocycles. The minimum atomic E-state index is -4.70. The summed E-state index contributed by atoms with van der Waals surface area (Å²) in [6.07, 6.45) is 0.500. The van der Waals surface area contributed by atoms with E-state index < -0.39 is 24.8 Å². The van der Waals surface area contributed by atoms with Crippen LogP contribution in [0.1, 0.15) is 34.1 Å². The molecular formula is C8H20O9S2. The van der Waals surface area contributed by atoms with Crippen LogP contribution in [0.25, 0.3) is 0 Å². The third kappa shape index (κ3) is 13.5. The van der Waals surface area contributed by atoms with E-state index in [1.165, 1.54) is 0 Å². The molecule has 0 aromatic carbocycles. The first-order valence-corrected chi connectivity index (χ1v) is 7.95. The number of esters is 1. The van der Waals surface area contributed by atoms with Crippen LogP contribution in [0.5, 0.6) is 0 Å². The Kier molecular flexibility index (Phi) is 11.3. The summed E-state index contributed by atoms with van der Waals surface area (Å²) in [6, 6.07) is 0. The van der Waals surface area contributed by atoms with Gasteiger partial charge in [0.2, 0.25) is 4.58 Å². The molecule has 0 amide bonds. The summed E-state index contributed by atoms with van der Waals surface area (Å²) in [7, 11) is -9.40. The molecular weight excluding hydrogens is 304 g/mol. The van der Waals surface area contributed by atoms with Crippen molar-refractivity contribution >= 4 is 26.2 Å². The lowest BCUT2D eigenvalue weighted by molar-refractivity contribution is -0.146. The summed E-state index contributed by atoms with van der Waals surface area (Å²) in [5.74, 6) is -0.125. The SMILES string of the molecule is CC(S(=O)(=O)O)S(=O)(=O)O.CCC(=O)OC(C)C.O. The maximum Gasteiger partial charge on any atom is 0.305 e. The van der Waals surface area contributed by atoms with Gasteiger partial charge in [-0.2, -0.15) is 16.8 Å². The third-order valence-corrected chi connectivity index (χ3v) is 4.63. The summed E-state index contributed by atoms with van der Waals surface area (Å²) in [5.41, 5.74) is 0. The molecule has 4 N–H and O–H groups in total. The Morgan fingerprint density at radius 2 is 1.37 bits per heavy atom. The number of hydrogen-bond acceptors (Lipinski definition) is 6. The maximum absolute atomic E-state index is 10.4. The normalized spacial score (nSPS) is 11.4. The average Bonchev–Trinajstić information content (AvgIpc) is 2.13. The van der Waals surface area contributed by atoms with Gasteiger partial charge in [0.1, 0.15) is 0 Å². The van der Waals surface area contributed by atoms with Crippen LogP contribution in [0.15, 0.2) is 0 Å². The van der Waals surface area contributed by atoms with Gasteiger partial charge in [0.25, 0.3) is 20.2 Å². The van der Waals surface area contributed by atoms with E-state index in [0.29, 0.717) is 13.3 Å². The number of rotatable bonds is 4. The molecule has 0 saturated heterocycles. The van der Waals surface area contributed by atoms with E-state index in [1.54, 1.807) is 6.92 Å². The number of ether oxygens (including phenoxy) is 1. The number of hydrogen-bond donors (Lipinski definition) is 2. The molecule has 19 heavy (non-hydrogen) atoms. The second kappa shape index (κ2) is 9.20. The lowest BCUT2D eigenvalue weighted by Crippen LogP contribution is -2.25. The minimum Gasteiger partial charge on any atom is -0.463 e. The molecule has 0 unspecified atom stereocenters. The van der Waals surface area contributed by atoms with Crippen LogP contribution < -0.4 is 0 Å². The van der Waals surface area contributed by atoms with Gasteiger partial charge in [-0.15, -0.1) is 0 Å². The van der Waals surface area contributed by atoms with Gasteiger partial charge in [0.15, 0.2) is 0 Å². The summed E-state index contributed by atoms with van der Waals surface area (Å²) < 4.78 is 58.7. The van der Waals surface area contributed by atoms with Gasteiger partial charge >= 0.3 is 5.97 Å². The van der Waals surface area contributed by atoms with E-state index >= 15 is 0 Å². The van der Waals surface area contributed by atoms with Crippen molar-refractivity contribution in [3.63, 3.8) is 0 Å². The first kappa shape index (κ1) is 23.4. The lowest BCUT2D eigenvalue weighted by Gasteiger charge is -2.04. The van der Waals surface area contributed by atoms with Crippen molar-refractivity contribution < 1.29 is 40.9 Å². The minimum absolute atomic E-state index is 0. The molecule has 0 heterocycles. The molecule has 0 radical (unpaired) electrons. The van der Waals surface area contributed by atoms with E-state index in [2.05, 4.69) is 0 Å². The summed E-state index contributed by atoms with van der Waals surface area (Å²) in [5, 5.41) is 0. The van der Waals surface area contributed by atoms with Crippen LogP contribution in [-0.4, -0.2) is 48.1 Å². The molecule has 118 valence electrons. The summed E-state index contributed by atoms with van der Waals surface area (Å²) in [4.78, 5) is 10.4. The molecule has 0 bridgehead atoms. The molecule has 0 fully saturated rings. The Bertz CT molecular complexity index is 417. The molecule has 0 aliphatic heterocycles. The zero-order valence-corrected chi connectivity index (χ0v) is 12.7. The standard InChI is InChI=1S/C6H12O2.C2H6O6S2.H2O/c1-4-6(7)8-5(2)3;1-2(9(3,4)5)10(6,7)8;/h5H,4H2,1-3H3;2H,1H3,(H,3,4,5)(H,6,7,8);1H2. The molecule has 0 aliphatic carbocycles. The van der Waals surface area contributed by atoms with Gasteiger partial charge in [-0.05, 0) is 20.8 Å². The zero-order chi connectivity index (χ0) is 15.1. The Morgan fingerprint density at radius 1 is 1.05 bits per heavy atom. The molecule has 0 rings (SSSR count). The molecule has 11 heteroatoms. The van der Waals surface area contributed by atoms with Gasteiger partial charge < -0.3 is 10.2 Å². The molecule has 0 spiro atoms. The van der Waals surface area contributed by atoms with Crippen LogP contribution in [-0.2, 0) is 29.8 Å². The predicted molar refractivity (Wildman–Crippen MR) is 67.7 cm³/mol. The van der Waals surface area contributed by atoms with Crippen LogP contribution in [0.2, 0.25) is 0 Å². The van der Waals surface area contributed by atoms with Crippen molar-refractivity contribution in [1.29, 1.82) is 0 Å². The first-order chi connectivity index (χ1) is 7.82. The van der Waals surface area contributed by atoms with E-state index in [1.807, 2.05) is 13.8 Å². The highest BCUT2D eigenvalue weighted by Gasteiger charge is 2.29. The highest BCUT2D eigenvalue weighted by atomic mass is 32.3. The quantitative estimate of drug-likeness (QED) is 0.521. The van der Waals surface area contributed by atoms with Crippen LogP contribution in [0.4, 0.5) is 0 Å². The second-order valence-electron chi connectivity index (χ2n) is 3.49. The highest BCUT2D eigenvalue weighted by molar-refractivity contribution is 8.03. The Hall–Kier alpha value is -0.750. The largest absolute Gasteiger partial charge is 0.463 e. The van der Waals surface area contributed by atoms with Gasteiger partial charge in [-0.1, -0.05) is 6.92 Å². The Balaban J connectivity index is -0.000000262. The maximum atomic E-state index is 10.4. The summed E-state index contributed by atoms with van der Waals surface area (Å²) >= 11 is 0. The monoisotopic (exact) mass is 324 g/mol. The fourth-order valence-corrected chi connectivity index (χ4v) is 1.73. The van der Waals surface area contributed by atoms with Gasteiger partial charge in [-0.3, -0.25) is 13.9 Å². The van der Waals surface area contributed by atoms with E-state index in [4.69, 9.17) is 13.8 Å². The van der Waals surface area contributed by atoms with Crippen molar-refractivity contribution in [1.82, 2.24) is 0 Å². The molecule has 0 aliphatic rings. The zero-order valence-electron chi connectivity index (χ0n) is 11.0. The van der Waals surface area contributed by atoms with Crippen LogP contribution in [0, 0.1) is 0 Å². The predicted octanol–water partition coefficient (Wildman–Crippen LogP) is -0.369. The molecule has 0 saturated carbocycles. The molecule has 0 atom stereocenters. The smallest absolute Gasteiger partial charge is 0.305 e. The van der Waals surface area contributed by atoms with Crippen molar-refractivity contribution in [2.24, 2.45) is 0 Å². The van der Waals surface area contributed by atoms with Crippen LogP contribution in [0.3, 0.4) is 0 Å². The highest BCUT2D eigenvalue weighted by Crippen LogP contribution is 2.03. The number of carbonyl (C=O) groups is 1. The topological polar surface area (TPSA) is 167 Å². The molecule has 0 aromatic rings. The Labute approximate surface area is 112 Å². The number of carbonyl (C=O) groups excluding carboxylic acids is 1. The van der Waals surface area contributed by atoms with E-state index in [-0.39, 0.29) is 17.5 Å². The van der Waals surface area contributed by atoms with Crippen molar-refractivity contribution in [3.8, 4) is 0 Å². The molecule has 9 nitrogen and oxygen atoms in total.